The fraction of sp³-hybridized carbons (Fsp3) is 0.200. The lowest BCUT2D eigenvalue weighted by molar-refractivity contribution is 0.0600. The number of carbonyl (C=O) groups excluding carboxylic acids is 1. The molecule has 8 nitrogen and oxygen atoms in total. The van der Waals surface area contributed by atoms with Gasteiger partial charge in [-0.05, 0) is 24.6 Å². The molecule has 0 atom stereocenters. The molecule has 0 saturated heterocycles. The molecule has 0 fully saturated rings. The number of benzene rings is 1. The number of carbonyl (C=O) groups is 1. The summed E-state index contributed by atoms with van der Waals surface area (Å²) in [6, 6.07) is 7.49. The Hall–Kier alpha value is -3.68. The van der Waals surface area contributed by atoms with Crippen LogP contribution >= 0.6 is 0 Å². The lowest BCUT2D eigenvalue weighted by atomic mass is 10.1. The van der Waals surface area contributed by atoms with Gasteiger partial charge in [-0.1, -0.05) is 12.1 Å². The maximum Gasteiger partial charge on any atom is 0.341 e. The van der Waals surface area contributed by atoms with Crippen molar-refractivity contribution in [2.24, 2.45) is 0 Å². The zero-order valence-corrected chi connectivity index (χ0v) is 15.5. The highest BCUT2D eigenvalue weighted by atomic mass is 16.5. The molecule has 8 heteroatoms. The van der Waals surface area contributed by atoms with Gasteiger partial charge in [-0.25, -0.2) is 9.78 Å². The molecule has 28 heavy (non-hydrogen) atoms. The van der Waals surface area contributed by atoms with Gasteiger partial charge in [-0.15, -0.1) is 0 Å². The van der Waals surface area contributed by atoms with Crippen molar-refractivity contribution in [2.45, 2.75) is 19.9 Å². The molecular weight excluding hydrogens is 358 g/mol. The van der Waals surface area contributed by atoms with Gasteiger partial charge in [0.15, 0.2) is 0 Å². The molecule has 2 aliphatic rings. The number of pyridine rings is 1. The smallest absolute Gasteiger partial charge is 0.341 e. The number of aryl methyl sites for hydroxylation is 3. The van der Waals surface area contributed by atoms with Gasteiger partial charge >= 0.3 is 5.97 Å². The number of H-pyrrole nitrogens is 1. The summed E-state index contributed by atoms with van der Waals surface area (Å²) < 4.78 is 8.03. The number of aromatic amines is 1. The van der Waals surface area contributed by atoms with E-state index in [1.165, 1.54) is 11.8 Å². The number of rotatable bonds is 5. The van der Waals surface area contributed by atoms with Gasteiger partial charge in [0.25, 0.3) is 5.56 Å². The fourth-order valence-electron chi connectivity index (χ4n) is 3.15. The maximum absolute atomic E-state index is 13.0. The standard InChI is InChI=1S/C20H19N5O3/c1-13-4-3-5-15(8-13)25-19(26)16-10-24(7-6-14-9-21-12-22-14)11-17(18(16)23-25)20(27)28-2/h3-5,8-12H,6-7H2,1-2H3,(H,21,22). The lowest BCUT2D eigenvalue weighted by Gasteiger charge is -2.11. The van der Waals surface area contributed by atoms with Crippen molar-refractivity contribution < 1.29 is 9.53 Å². The van der Waals surface area contributed by atoms with E-state index in [2.05, 4.69) is 15.1 Å². The van der Waals surface area contributed by atoms with Crippen molar-refractivity contribution >= 4 is 5.97 Å². The van der Waals surface area contributed by atoms with Crippen LogP contribution in [0.3, 0.4) is 0 Å². The van der Waals surface area contributed by atoms with Crippen molar-refractivity contribution in [3.05, 3.63) is 76.4 Å². The first-order chi connectivity index (χ1) is 13.6. The Bertz CT molecular complexity index is 1160. The molecule has 0 unspecified atom stereocenters. The lowest BCUT2D eigenvalue weighted by Crippen LogP contribution is -2.16. The molecule has 4 rings (SSSR count). The predicted octanol–water partition coefficient (Wildman–Crippen LogP) is 2.20. The second kappa shape index (κ2) is 7.15. The van der Waals surface area contributed by atoms with Crippen molar-refractivity contribution in [1.29, 1.82) is 0 Å². The number of nitrogens with one attached hydrogen (secondary N) is 1. The monoisotopic (exact) mass is 377 g/mol. The quantitative estimate of drug-likeness (QED) is 0.538. The topological polar surface area (TPSA) is 94.8 Å². The van der Waals surface area contributed by atoms with Gasteiger partial charge in [0.1, 0.15) is 11.3 Å². The van der Waals surface area contributed by atoms with Crippen molar-refractivity contribution in [1.82, 2.24) is 24.3 Å². The first-order valence-corrected chi connectivity index (χ1v) is 8.82. The molecule has 1 N–H and O–H groups in total. The number of esters is 1. The van der Waals surface area contributed by atoms with E-state index in [0.29, 0.717) is 29.9 Å². The number of hydrogen-bond donors (Lipinski definition) is 1. The zero-order chi connectivity index (χ0) is 19.7. The third-order valence-corrected chi connectivity index (χ3v) is 4.57. The summed E-state index contributed by atoms with van der Waals surface area (Å²) in [4.78, 5) is 32.4. The summed E-state index contributed by atoms with van der Waals surface area (Å²) >= 11 is 0. The molecule has 0 amide bonds. The summed E-state index contributed by atoms with van der Waals surface area (Å²) in [7, 11) is 1.31. The molecule has 1 aromatic heterocycles. The summed E-state index contributed by atoms with van der Waals surface area (Å²) in [5, 5.41) is 4.42. The molecule has 0 aliphatic carbocycles. The minimum Gasteiger partial charge on any atom is -0.465 e. The maximum atomic E-state index is 13.0. The number of imidazole rings is 1. The number of fused-ring (bicyclic) bond motifs is 1. The Morgan fingerprint density at radius 1 is 1.29 bits per heavy atom. The Kier molecular flexibility index (Phi) is 4.52. The minimum absolute atomic E-state index is 0.258. The Labute approximate surface area is 160 Å². The summed E-state index contributed by atoms with van der Waals surface area (Å²) in [6.07, 6.45) is 7.42. The summed E-state index contributed by atoms with van der Waals surface area (Å²) in [5.74, 6) is -0.533. The number of methoxy groups -OCH3 is 1. The van der Waals surface area contributed by atoms with Crippen LogP contribution in [0.25, 0.3) is 16.9 Å². The van der Waals surface area contributed by atoms with E-state index in [9.17, 15) is 9.59 Å². The Morgan fingerprint density at radius 3 is 2.86 bits per heavy atom. The predicted molar refractivity (Wildman–Crippen MR) is 103 cm³/mol. The molecule has 142 valence electrons. The van der Waals surface area contributed by atoms with Gasteiger partial charge in [0.2, 0.25) is 0 Å². The van der Waals surface area contributed by atoms with E-state index in [1.54, 1.807) is 29.5 Å². The van der Waals surface area contributed by atoms with Crippen LogP contribution in [0.15, 0.2) is 54.0 Å². The molecule has 0 saturated carbocycles. The van der Waals surface area contributed by atoms with Crippen LogP contribution in [0.5, 0.6) is 0 Å². The molecular formula is C20H19N5O3. The van der Waals surface area contributed by atoms with E-state index in [0.717, 1.165) is 11.3 Å². The third kappa shape index (κ3) is 3.20. The zero-order valence-electron chi connectivity index (χ0n) is 15.5. The Balaban J connectivity index is 1.83. The highest BCUT2D eigenvalue weighted by Crippen LogP contribution is 2.23. The summed E-state index contributed by atoms with van der Waals surface area (Å²) in [6.45, 7) is 2.51. The third-order valence-electron chi connectivity index (χ3n) is 4.57. The molecule has 2 aliphatic heterocycles. The minimum atomic E-state index is -0.533. The van der Waals surface area contributed by atoms with E-state index >= 15 is 0 Å². The molecule has 3 heterocycles. The highest BCUT2D eigenvalue weighted by molar-refractivity contribution is 5.96. The second-order valence-electron chi connectivity index (χ2n) is 6.55. The van der Waals surface area contributed by atoms with Crippen LogP contribution < -0.4 is 5.56 Å². The second-order valence-corrected chi connectivity index (χ2v) is 6.55. The average molecular weight is 377 g/mol. The van der Waals surface area contributed by atoms with Crippen molar-refractivity contribution in [2.75, 3.05) is 7.11 Å². The van der Waals surface area contributed by atoms with Gasteiger partial charge < -0.3 is 14.3 Å². The van der Waals surface area contributed by atoms with Crippen LogP contribution in [-0.4, -0.2) is 37.4 Å². The molecule has 0 spiro atoms. The van der Waals surface area contributed by atoms with Crippen LogP contribution in [0, 0.1) is 6.92 Å². The fourth-order valence-corrected chi connectivity index (χ4v) is 3.15. The van der Waals surface area contributed by atoms with Crippen molar-refractivity contribution in [3.8, 4) is 16.9 Å². The van der Waals surface area contributed by atoms with Crippen molar-refractivity contribution in [3.63, 3.8) is 0 Å². The van der Waals surface area contributed by atoms with Crippen LogP contribution in [0.4, 0.5) is 0 Å². The van der Waals surface area contributed by atoms with E-state index < -0.39 is 5.97 Å². The number of aromatic nitrogens is 5. The first kappa shape index (κ1) is 17.7. The van der Waals surface area contributed by atoms with E-state index in [4.69, 9.17) is 4.74 Å². The van der Waals surface area contributed by atoms with Gasteiger partial charge in [0.05, 0.1) is 24.7 Å². The molecule has 1 aromatic carbocycles. The van der Waals surface area contributed by atoms with Crippen LogP contribution in [-0.2, 0) is 17.7 Å². The highest BCUT2D eigenvalue weighted by Gasteiger charge is 2.25. The summed E-state index contributed by atoms with van der Waals surface area (Å²) in [5.41, 5.74) is 3.31. The molecule has 0 bridgehead atoms. The van der Waals surface area contributed by atoms with E-state index in [1.807, 2.05) is 31.2 Å². The van der Waals surface area contributed by atoms with Gasteiger partial charge in [-0.2, -0.15) is 9.78 Å². The SMILES string of the molecule is COC(=O)c1cn(CCc2cnc[nH]2)cc2c(=O)n(-c3cccc(C)c3)nc1-2. The number of ether oxygens (including phenoxy) is 1. The average Bonchev–Trinajstić information content (AvgIpc) is 3.33. The van der Waals surface area contributed by atoms with E-state index in [-0.39, 0.29) is 11.1 Å². The van der Waals surface area contributed by atoms with Gasteiger partial charge in [0, 0.05) is 37.3 Å². The van der Waals surface area contributed by atoms with Gasteiger partial charge in [-0.3, -0.25) is 4.79 Å². The number of hydrogen-bond acceptors (Lipinski definition) is 5. The van der Waals surface area contributed by atoms with Crippen LogP contribution in [0.2, 0.25) is 0 Å². The van der Waals surface area contributed by atoms with Crippen LogP contribution in [0.1, 0.15) is 21.6 Å². The first-order valence-electron chi connectivity index (χ1n) is 8.82. The number of nitrogens with zero attached hydrogens (tertiary/aromatic N) is 4. The molecule has 0 radical (unpaired) electrons. The Morgan fingerprint density at radius 2 is 2.14 bits per heavy atom. The largest absolute Gasteiger partial charge is 0.465 e. The molecule has 2 aromatic rings. The normalized spacial score (nSPS) is 11.1.